The van der Waals surface area contributed by atoms with E-state index >= 15 is 0 Å². The van der Waals surface area contributed by atoms with Gasteiger partial charge in [0, 0.05) is 24.4 Å². The summed E-state index contributed by atoms with van der Waals surface area (Å²) in [7, 11) is 3.23. The van der Waals surface area contributed by atoms with Gasteiger partial charge in [-0.2, -0.15) is 5.10 Å². The Morgan fingerprint density at radius 3 is 2.85 bits per heavy atom. The van der Waals surface area contributed by atoms with Crippen molar-refractivity contribution in [2.75, 3.05) is 19.5 Å². The number of aromatic nitrogens is 2. The molecule has 7 nitrogen and oxygen atoms in total. The predicted molar refractivity (Wildman–Crippen MR) is 102 cm³/mol. The van der Waals surface area contributed by atoms with Crippen molar-refractivity contribution in [3.05, 3.63) is 66.4 Å². The number of furan rings is 1. The van der Waals surface area contributed by atoms with Gasteiger partial charge in [-0.3, -0.25) is 9.48 Å². The summed E-state index contributed by atoms with van der Waals surface area (Å²) >= 11 is 0. The van der Waals surface area contributed by atoms with Gasteiger partial charge in [0.05, 0.1) is 38.6 Å². The molecule has 0 aliphatic heterocycles. The molecule has 0 bridgehead atoms. The van der Waals surface area contributed by atoms with Gasteiger partial charge in [-0.1, -0.05) is 6.07 Å². The lowest BCUT2D eigenvalue weighted by Gasteiger charge is -2.09. The minimum Gasteiger partial charge on any atom is -0.493 e. The Bertz CT molecular complexity index is 913. The third-order valence-corrected chi connectivity index (χ3v) is 3.95. The molecule has 0 spiro atoms. The topological polar surface area (TPSA) is 78.5 Å². The fourth-order valence-corrected chi connectivity index (χ4v) is 2.56. The lowest BCUT2D eigenvalue weighted by Crippen LogP contribution is -2.07. The maximum absolute atomic E-state index is 11.9. The van der Waals surface area contributed by atoms with Crippen LogP contribution in [0.5, 0.6) is 11.5 Å². The highest BCUT2D eigenvalue weighted by Crippen LogP contribution is 2.27. The molecule has 0 unspecified atom stereocenters. The molecule has 0 saturated carbocycles. The van der Waals surface area contributed by atoms with E-state index in [9.17, 15) is 4.79 Å². The fraction of sp³-hybridized carbons (Fsp3) is 0.200. The Balaban J connectivity index is 1.54. The Hall–Kier alpha value is -3.48. The molecule has 3 aromatic rings. The second-order valence-electron chi connectivity index (χ2n) is 5.81. The van der Waals surface area contributed by atoms with Crippen molar-refractivity contribution < 1.29 is 18.7 Å². The molecule has 1 N–H and O–H groups in total. The van der Waals surface area contributed by atoms with Crippen LogP contribution in [0.2, 0.25) is 0 Å². The molecule has 0 aliphatic carbocycles. The first-order valence-corrected chi connectivity index (χ1v) is 8.42. The molecular formula is C20H21N3O4. The van der Waals surface area contributed by atoms with Gasteiger partial charge in [-0.05, 0) is 36.3 Å². The van der Waals surface area contributed by atoms with Crippen LogP contribution >= 0.6 is 0 Å². The van der Waals surface area contributed by atoms with E-state index in [0.29, 0.717) is 23.7 Å². The zero-order chi connectivity index (χ0) is 19.1. The number of benzene rings is 1. The number of nitrogens with one attached hydrogen (secondary N) is 1. The van der Waals surface area contributed by atoms with E-state index in [4.69, 9.17) is 13.9 Å². The highest BCUT2D eigenvalue weighted by atomic mass is 16.5. The van der Waals surface area contributed by atoms with Crippen molar-refractivity contribution in [3.8, 4) is 11.5 Å². The number of amides is 1. The quantitative estimate of drug-likeness (QED) is 0.618. The van der Waals surface area contributed by atoms with Crippen molar-refractivity contribution in [2.45, 2.75) is 13.0 Å². The van der Waals surface area contributed by atoms with Crippen LogP contribution < -0.4 is 14.8 Å². The molecule has 27 heavy (non-hydrogen) atoms. The Kier molecular flexibility index (Phi) is 5.94. The largest absolute Gasteiger partial charge is 0.493 e. The predicted octanol–water partition coefficient (Wildman–Crippen LogP) is 3.39. The monoisotopic (exact) mass is 367 g/mol. The van der Waals surface area contributed by atoms with Gasteiger partial charge in [0.1, 0.15) is 0 Å². The van der Waals surface area contributed by atoms with Gasteiger partial charge >= 0.3 is 0 Å². The zero-order valence-corrected chi connectivity index (χ0v) is 15.2. The third kappa shape index (κ3) is 5.01. The minimum absolute atomic E-state index is 0.226. The maximum Gasteiger partial charge on any atom is 0.248 e. The van der Waals surface area contributed by atoms with E-state index in [1.807, 2.05) is 18.2 Å². The number of carbonyl (C=O) groups excluding carboxylic acids is 1. The van der Waals surface area contributed by atoms with Crippen molar-refractivity contribution in [3.63, 3.8) is 0 Å². The number of anilines is 1. The molecule has 0 atom stereocenters. The van der Waals surface area contributed by atoms with Crippen LogP contribution in [0.25, 0.3) is 6.08 Å². The Labute approximate surface area is 157 Å². The second-order valence-corrected chi connectivity index (χ2v) is 5.81. The zero-order valence-electron chi connectivity index (χ0n) is 15.2. The summed E-state index contributed by atoms with van der Waals surface area (Å²) in [5.74, 6) is 1.18. The fourth-order valence-electron chi connectivity index (χ4n) is 2.56. The van der Waals surface area contributed by atoms with Crippen LogP contribution in [0.4, 0.5) is 5.69 Å². The highest BCUT2D eigenvalue weighted by molar-refractivity contribution is 6.01. The number of methoxy groups -OCH3 is 2. The van der Waals surface area contributed by atoms with Gasteiger partial charge in [0.15, 0.2) is 11.5 Å². The van der Waals surface area contributed by atoms with Gasteiger partial charge in [-0.25, -0.2) is 0 Å². The molecule has 1 aromatic carbocycles. The molecule has 0 saturated heterocycles. The molecule has 140 valence electrons. The van der Waals surface area contributed by atoms with Crippen LogP contribution in [0, 0.1) is 0 Å². The van der Waals surface area contributed by atoms with Crippen LogP contribution in [0.3, 0.4) is 0 Å². The van der Waals surface area contributed by atoms with Crippen LogP contribution in [-0.4, -0.2) is 29.9 Å². The second kappa shape index (κ2) is 8.75. The highest BCUT2D eigenvalue weighted by Gasteiger charge is 2.06. The van der Waals surface area contributed by atoms with E-state index in [1.54, 1.807) is 56.0 Å². The first-order chi connectivity index (χ1) is 13.2. The molecule has 3 rings (SSSR count). The van der Waals surface area contributed by atoms with Crippen LogP contribution in [0.15, 0.2) is 59.7 Å². The molecule has 2 aromatic heterocycles. The number of carbonyl (C=O) groups is 1. The molecule has 7 heteroatoms. The molecule has 0 aliphatic rings. The summed E-state index contributed by atoms with van der Waals surface area (Å²) in [5.41, 5.74) is 2.58. The van der Waals surface area contributed by atoms with Crippen LogP contribution in [-0.2, 0) is 17.8 Å². The number of hydrogen-bond acceptors (Lipinski definition) is 5. The SMILES string of the molecule is COc1ccc(CCn2cc(NC(=O)/C=C/c3ccoc3)cn2)cc1OC. The lowest BCUT2D eigenvalue weighted by molar-refractivity contribution is -0.111. The minimum atomic E-state index is -0.226. The number of nitrogens with zero attached hydrogens (tertiary/aromatic N) is 2. The van der Waals surface area contributed by atoms with E-state index in [2.05, 4.69) is 10.4 Å². The number of hydrogen-bond donors (Lipinski definition) is 1. The van der Waals surface area contributed by atoms with Gasteiger partial charge in [0.2, 0.25) is 5.91 Å². The number of ether oxygens (including phenoxy) is 2. The first-order valence-electron chi connectivity index (χ1n) is 8.42. The van der Waals surface area contributed by atoms with E-state index in [1.165, 1.54) is 6.08 Å². The van der Waals surface area contributed by atoms with E-state index in [-0.39, 0.29) is 5.91 Å². The third-order valence-electron chi connectivity index (χ3n) is 3.95. The van der Waals surface area contributed by atoms with Crippen LogP contribution in [0.1, 0.15) is 11.1 Å². The van der Waals surface area contributed by atoms with Gasteiger partial charge in [-0.15, -0.1) is 0 Å². The summed E-state index contributed by atoms with van der Waals surface area (Å²) in [5, 5.41) is 7.06. The van der Waals surface area contributed by atoms with Crippen molar-refractivity contribution >= 4 is 17.7 Å². The average molecular weight is 367 g/mol. The smallest absolute Gasteiger partial charge is 0.248 e. The summed E-state index contributed by atoms with van der Waals surface area (Å²) in [4.78, 5) is 11.9. The summed E-state index contributed by atoms with van der Waals surface area (Å²) in [6.45, 7) is 0.677. The van der Waals surface area contributed by atoms with Crippen molar-refractivity contribution in [1.82, 2.24) is 9.78 Å². The number of aryl methyl sites for hydroxylation is 2. The normalized spacial score (nSPS) is 10.9. The molecular weight excluding hydrogens is 346 g/mol. The van der Waals surface area contributed by atoms with Gasteiger partial charge < -0.3 is 19.2 Å². The summed E-state index contributed by atoms with van der Waals surface area (Å²) in [6, 6.07) is 7.60. The number of rotatable bonds is 8. The average Bonchev–Trinajstić information content (AvgIpc) is 3.36. The molecule has 1 amide bonds. The van der Waals surface area contributed by atoms with E-state index < -0.39 is 0 Å². The summed E-state index contributed by atoms with van der Waals surface area (Å²) < 4.78 is 17.3. The molecule has 2 heterocycles. The Morgan fingerprint density at radius 2 is 2.11 bits per heavy atom. The van der Waals surface area contributed by atoms with Gasteiger partial charge in [0.25, 0.3) is 0 Å². The van der Waals surface area contributed by atoms with Crippen molar-refractivity contribution in [2.24, 2.45) is 0 Å². The Morgan fingerprint density at radius 1 is 1.26 bits per heavy atom. The maximum atomic E-state index is 11.9. The lowest BCUT2D eigenvalue weighted by atomic mass is 10.1. The molecule has 0 fully saturated rings. The van der Waals surface area contributed by atoms with Crippen molar-refractivity contribution in [1.29, 1.82) is 0 Å². The first kappa shape index (κ1) is 18.3. The van der Waals surface area contributed by atoms with E-state index in [0.717, 1.165) is 17.5 Å². The molecule has 0 radical (unpaired) electrons. The standard InChI is InChI=1S/C20H21N3O4/c1-25-18-5-3-15(11-19(18)26-2)7-9-23-13-17(12-21-23)22-20(24)6-4-16-8-10-27-14-16/h3-6,8,10-14H,7,9H2,1-2H3,(H,22,24)/b6-4+. The summed E-state index contributed by atoms with van der Waals surface area (Å²) in [6.07, 6.45) is 10.4.